The molecule has 5 heteroatoms. The lowest BCUT2D eigenvalue weighted by molar-refractivity contribution is -0.119. The van der Waals surface area contributed by atoms with Crippen LogP contribution in [0.1, 0.15) is 23.2 Å². The summed E-state index contributed by atoms with van der Waals surface area (Å²) in [6, 6.07) is 3.82. The molecular weight excluding hydrogens is 240 g/mol. The summed E-state index contributed by atoms with van der Waals surface area (Å²) >= 11 is 0. The number of anilines is 1. The number of pyridine rings is 1. The summed E-state index contributed by atoms with van der Waals surface area (Å²) in [6.45, 7) is 2.49. The highest BCUT2D eigenvalue weighted by atomic mass is 16.2. The Hall–Kier alpha value is -2.30. The number of aromatic nitrogens is 3. The van der Waals surface area contributed by atoms with E-state index >= 15 is 0 Å². The number of carbonyl (C=O) groups is 1. The number of hydrogen-bond acceptors (Lipinski definition) is 4. The Kier molecular flexibility index (Phi) is 2.95. The van der Waals surface area contributed by atoms with Crippen molar-refractivity contribution in [3.05, 3.63) is 47.7 Å². The van der Waals surface area contributed by atoms with Gasteiger partial charge in [0.1, 0.15) is 12.1 Å². The number of rotatable bonds is 2. The van der Waals surface area contributed by atoms with Crippen LogP contribution in [-0.2, 0) is 17.8 Å². The molecule has 1 aliphatic heterocycles. The monoisotopic (exact) mass is 254 g/mol. The van der Waals surface area contributed by atoms with Gasteiger partial charge in [0.2, 0.25) is 5.91 Å². The fraction of sp³-hybridized carbons (Fsp3) is 0.286. The number of fused-ring (bicyclic) bond motifs is 1. The smallest absolute Gasteiger partial charge is 0.228 e. The molecule has 1 aliphatic rings. The van der Waals surface area contributed by atoms with Gasteiger partial charge in [-0.3, -0.25) is 14.7 Å². The van der Waals surface area contributed by atoms with E-state index in [1.54, 1.807) is 17.3 Å². The molecule has 2 aromatic heterocycles. The third-order valence-corrected chi connectivity index (χ3v) is 3.37. The fourth-order valence-electron chi connectivity index (χ4n) is 2.33. The van der Waals surface area contributed by atoms with Crippen LogP contribution in [0, 0.1) is 6.92 Å². The van der Waals surface area contributed by atoms with Crippen LogP contribution in [0.2, 0.25) is 0 Å². The van der Waals surface area contributed by atoms with E-state index in [4.69, 9.17) is 0 Å². The minimum absolute atomic E-state index is 0.113. The highest BCUT2D eigenvalue weighted by Crippen LogP contribution is 2.28. The maximum atomic E-state index is 12.1. The Bertz CT molecular complexity index is 612. The minimum Gasteiger partial charge on any atom is -0.292 e. The number of nitrogens with zero attached hydrogens (tertiary/aromatic N) is 4. The van der Waals surface area contributed by atoms with Gasteiger partial charge in [0.25, 0.3) is 0 Å². The molecule has 1 amide bonds. The summed E-state index contributed by atoms with van der Waals surface area (Å²) in [5.41, 5.74) is 3.08. The Balaban J connectivity index is 1.98. The second-order valence-electron chi connectivity index (χ2n) is 4.60. The van der Waals surface area contributed by atoms with Gasteiger partial charge < -0.3 is 0 Å². The summed E-state index contributed by atoms with van der Waals surface area (Å²) in [6.07, 6.45) is 6.23. The van der Waals surface area contributed by atoms with E-state index in [-0.39, 0.29) is 5.91 Å². The number of aryl methyl sites for hydroxylation is 1. The van der Waals surface area contributed by atoms with E-state index < -0.39 is 0 Å². The molecule has 3 rings (SSSR count). The van der Waals surface area contributed by atoms with Crippen molar-refractivity contribution in [2.45, 2.75) is 26.3 Å². The van der Waals surface area contributed by atoms with Gasteiger partial charge in [0.15, 0.2) is 0 Å². The third kappa shape index (κ3) is 2.19. The molecule has 0 radical (unpaired) electrons. The Morgan fingerprint density at radius 1 is 1.21 bits per heavy atom. The highest BCUT2D eigenvalue weighted by Gasteiger charge is 2.26. The van der Waals surface area contributed by atoms with Crippen molar-refractivity contribution in [2.75, 3.05) is 4.90 Å². The van der Waals surface area contributed by atoms with Crippen molar-refractivity contribution in [1.82, 2.24) is 15.0 Å². The molecule has 0 spiro atoms. The van der Waals surface area contributed by atoms with E-state index in [0.717, 1.165) is 29.1 Å². The van der Waals surface area contributed by atoms with Crippen molar-refractivity contribution in [3.8, 4) is 0 Å². The maximum absolute atomic E-state index is 12.1. The van der Waals surface area contributed by atoms with Crippen molar-refractivity contribution in [1.29, 1.82) is 0 Å². The Labute approximate surface area is 111 Å². The molecule has 3 heterocycles. The summed E-state index contributed by atoms with van der Waals surface area (Å²) in [7, 11) is 0. The van der Waals surface area contributed by atoms with Crippen molar-refractivity contribution < 1.29 is 4.79 Å². The first-order chi connectivity index (χ1) is 9.25. The van der Waals surface area contributed by atoms with Crippen LogP contribution >= 0.6 is 0 Å². The minimum atomic E-state index is 0.113. The zero-order valence-electron chi connectivity index (χ0n) is 10.7. The van der Waals surface area contributed by atoms with E-state index in [2.05, 4.69) is 15.0 Å². The summed E-state index contributed by atoms with van der Waals surface area (Å²) in [5, 5.41) is 0. The zero-order chi connectivity index (χ0) is 13.2. The topological polar surface area (TPSA) is 59.0 Å². The van der Waals surface area contributed by atoms with Crippen LogP contribution in [0.25, 0.3) is 0 Å². The summed E-state index contributed by atoms with van der Waals surface area (Å²) < 4.78 is 0. The van der Waals surface area contributed by atoms with Crippen LogP contribution < -0.4 is 4.90 Å². The van der Waals surface area contributed by atoms with Crippen molar-refractivity contribution >= 4 is 11.7 Å². The average Bonchev–Trinajstić information content (AvgIpc) is 2.43. The van der Waals surface area contributed by atoms with Gasteiger partial charge in [-0.1, -0.05) is 0 Å². The van der Waals surface area contributed by atoms with Gasteiger partial charge >= 0.3 is 0 Å². The second kappa shape index (κ2) is 4.76. The standard InChI is InChI=1S/C14H14N4O/c1-10-12-2-3-13(19)18(14(12)17-9-16-10)8-11-4-6-15-7-5-11/h4-7,9H,2-3,8H2,1H3. The Morgan fingerprint density at radius 3 is 2.79 bits per heavy atom. The first kappa shape index (κ1) is 11.8. The largest absolute Gasteiger partial charge is 0.292 e. The van der Waals surface area contributed by atoms with Gasteiger partial charge in [-0.15, -0.1) is 0 Å². The Morgan fingerprint density at radius 2 is 2.00 bits per heavy atom. The van der Waals surface area contributed by atoms with Crippen LogP contribution in [0.15, 0.2) is 30.9 Å². The second-order valence-corrected chi connectivity index (χ2v) is 4.60. The molecule has 0 aliphatic carbocycles. The lowest BCUT2D eigenvalue weighted by Crippen LogP contribution is -2.35. The molecule has 5 nitrogen and oxygen atoms in total. The molecule has 0 N–H and O–H groups in total. The van der Waals surface area contributed by atoms with Crippen LogP contribution in [0.5, 0.6) is 0 Å². The molecule has 0 fully saturated rings. The quantitative estimate of drug-likeness (QED) is 0.817. The predicted octanol–water partition coefficient (Wildman–Crippen LogP) is 1.66. The first-order valence-electron chi connectivity index (χ1n) is 6.25. The van der Waals surface area contributed by atoms with E-state index in [1.165, 1.54) is 6.33 Å². The SMILES string of the molecule is Cc1ncnc2c1CCC(=O)N2Cc1ccncc1. The van der Waals surface area contributed by atoms with E-state index in [9.17, 15) is 4.79 Å². The van der Waals surface area contributed by atoms with Crippen molar-refractivity contribution in [3.63, 3.8) is 0 Å². The third-order valence-electron chi connectivity index (χ3n) is 3.37. The van der Waals surface area contributed by atoms with Crippen LogP contribution in [-0.4, -0.2) is 20.9 Å². The fourth-order valence-corrected chi connectivity index (χ4v) is 2.33. The predicted molar refractivity (Wildman–Crippen MR) is 70.5 cm³/mol. The molecule has 0 bridgehead atoms. The number of carbonyl (C=O) groups excluding carboxylic acids is 1. The maximum Gasteiger partial charge on any atom is 0.228 e. The van der Waals surface area contributed by atoms with E-state index in [0.29, 0.717) is 13.0 Å². The summed E-state index contributed by atoms with van der Waals surface area (Å²) in [4.78, 5) is 26.3. The molecule has 19 heavy (non-hydrogen) atoms. The van der Waals surface area contributed by atoms with Crippen LogP contribution in [0.3, 0.4) is 0 Å². The molecule has 0 atom stereocenters. The summed E-state index contributed by atoms with van der Waals surface area (Å²) in [5.74, 6) is 0.864. The lowest BCUT2D eigenvalue weighted by Gasteiger charge is -2.28. The molecule has 2 aromatic rings. The van der Waals surface area contributed by atoms with Gasteiger partial charge in [-0.2, -0.15) is 0 Å². The van der Waals surface area contributed by atoms with E-state index in [1.807, 2.05) is 19.1 Å². The number of hydrogen-bond donors (Lipinski definition) is 0. The normalized spacial score (nSPS) is 14.4. The molecule has 0 saturated carbocycles. The average molecular weight is 254 g/mol. The lowest BCUT2D eigenvalue weighted by atomic mass is 10.0. The highest BCUT2D eigenvalue weighted by molar-refractivity contribution is 5.95. The molecule has 96 valence electrons. The molecule has 0 unspecified atom stereocenters. The molecule has 0 aromatic carbocycles. The van der Waals surface area contributed by atoms with Gasteiger partial charge in [-0.25, -0.2) is 9.97 Å². The molecular formula is C14H14N4O. The van der Waals surface area contributed by atoms with Gasteiger partial charge in [0.05, 0.1) is 6.54 Å². The van der Waals surface area contributed by atoms with Crippen molar-refractivity contribution in [2.24, 2.45) is 0 Å². The van der Waals surface area contributed by atoms with Crippen LogP contribution in [0.4, 0.5) is 5.82 Å². The van der Waals surface area contributed by atoms with Gasteiger partial charge in [-0.05, 0) is 31.0 Å². The first-order valence-corrected chi connectivity index (χ1v) is 6.25. The number of amides is 1. The van der Waals surface area contributed by atoms with Gasteiger partial charge in [0, 0.05) is 30.1 Å². The zero-order valence-corrected chi connectivity index (χ0v) is 10.7. The molecule has 0 saturated heterocycles.